The maximum atomic E-state index is 11.7. The lowest BCUT2D eigenvalue weighted by molar-refractivity contribution is -0.128. The van der Waals surface area contributed by atoms with Gasteiger partial charge in [-0.1, -0.05) is 34.1 Å². The van der Waals surface area contributed by atoms with Gasteiger partial charge < -0.3 is 16.0 Å². The van der Waals surface area contributed by atoms with Crippen LogP contribution in [0.5, 0.6) is 0 Å². The van der Waals surface area contributed by atoms with E-state index in [9.17, 15) is 4.79 Å². The Morgan fingerprint density at radius 2 is 1.76 bits per heavy atom. The summed E-state index contributed by atoms with van der Waals surface area (Å²) in [5, 5.41) is 9.58. The molecule has 0 radical (unpaired) electrons. The van der Waals surface area contributed by atoms with Crippen LogP contribution in [0.1, 0.15) is 53.4 Å². The van der Waals surface area contributed by atoms with Crippen LogP contribution in [0.15, 0.2) is 4.99 Å². The van der Waals surface area contributed by atoms with Crippen LogP contribution in [0.3, 0.4) is 0 Å². The molecule has 1 aliphatic rings. The fraction of sp³-hybridized carbons (Fsp3) is 0.875. The highest BCUT2D eigenvalue weighted by molar-refractivity contribution is 5.81. The van der Waals surface area contributed by atoms with E-state index >= 15 is 0 Å². The zero-order valence-corrected chi connectivity index (χ0v) is 14.3. The van der Waals surface area contributed by atoms with Crippen molar-refractivity contribution in [3.05, 3.63) is 0 Å². The second-order valence-electron chi connectivity index (χ2n) is 7.07. The van der Waals surface area contributed by atoms with Gasteiger partial charge in [-0.25, -0.2) is 0 Å². The Morgan fingerprint density at radius 1 is 1.14 bits per heavy atom. The quantitative estimate of drug-likeness (QED) is 0.398. The highest BCUT2D eigenvalue weighted by Gasteiger charge is 2.34. The maximum Gasteiger partial charge on any atom is 0.225 e. The van der Waals surface area contributed by atoms with Crippen molar-refractivity contribution in [2.24, 2.45) is 15.8 Å². The van der Waals surface area contributed by atoms with Crippen molar-refractivity contribution < 1.29 is 4.79 Å². The number of amides is 1. The monoisotopic (exact) mass is 296 g/mol. The average molecular weight is 296 g/mol. The van der Waals surface area contributed by atoms with E-state index in [1.165, 1.54) is 25.7 Å². The summed E-state index contributed by atoms with van der Waals surface area (Å²) in [4.78, 5) is 16.0. The number of hydrogen-bond acceptors (Lipinski definition) is 2. The third kappa shape index (κ3) is 5.56. The van der Waals surface area contributed by atoms with Gasteiger partial charge >= 0.3 is 0 Å². The Bertz CT molecular complexity index is 361. The Morgan fingerprint density at radius 3 is 2.19 bits per heavy atom. The van der Waals surface area contributed by atoms with Gasteiger partial charge in [0, 0.05) is 32.1 Å². The molecule has 0 atom stereocenters. The highest BCUT2D eigenvalue weighted by Crippen LogP contribution is 2.42. The lowest BCUT2D eigenvalue weighted by atomic mass is 9.67. The number of hydrogen-bond donors (Lipinski definition) is 3. The minimum Gasteiger partial charge on any atom is -0.356 e. The topological polar surface area (TPSA) is 65.5 Å². The molecule has 0 aromatic heterocycles. The fourth-order valence-electron chi connectivity index (χ4n) is 2.45. The second kappa shape index (κ2) is 7.66. The predicted octanol–water partition coefficient (Wildman–Crippen LogP) is 1.89. The van der Waals surface area contributed by atoms with Gasteiger partial charge in [0.05, 0.1) is 0 Å². The molecule has 1 amide bonds. The first-order valence-electron chi connectivity index (χ1n) is 8.06. The van der Waals surface area contributed by atoms with Gasteiger partial charge in [0.15, 0.2) is 5.96 Å². The van der Waals surface area contributed by atoms with Crippen molar-refractivity contribution in [1.29, 1.82) is 0 Å². The molecule has 122 valence electrons. The molecule has 1 fully saturated rings. The van der Waals surface area contributed by atoms with E-state index in [0.717, 1.165) is 12.5 Å². The van der Waals surface area contributed by atoms with Crippen LogP contribution in [-0.4, -0.2) is 38.5 Å². The summed E-state index contributed by atoms with van der Waals surface area (Å²) < 4.78 is 0. The van der Waals surface area contributed by atoms with Crippen LogP contribution >= 0.6 is 0 Å². The molecular formula is C16H32N4O. The minimum atomic E-state index is -0.336. The summed E-state index contributed by atoms with van der Waals surface area (Å²) in [5.74, 6) is 0.895. The molecule has 0 heterocycles. The highest BCUT2D eigenvalue weighted by atomic mass is 16.2. The van der Waals surface area contributed by atoms with Gasteiger partial charge in [0.2, 0.25) is 5.91 Å². The zero-order valence-electron chi connectivity index (χ0n) is 14.3. The normalized spacial score (nSPS) is 17.9. The third-order valence-electron chi connectivity index (χ3n) is 4.40. The summed E-state index contributed by atoms with van der Waals surface area (Å²) >= 11 is 0. The van der Waals surface area contributed by atoms with Crippen LogP contribution in [-0.2, 0) is 4.79 Å². The van der Waals surface area contributed by atoms with E-state index in [1.54, 1.807) is 7.05 Å². The van der Waals surface area contributed by atoms with Crippen molar-refractivity contribution in [2.45, 2.75) is 53.4 Å². The molecule has 0 spiro atoms. The number of nitrogens with one attached hydrogen (secondary N) is 3. The SMILES string of the molecule is CCC1(CNC(=NC)NCCNC(=O)C(C)(C)C)CCC1. The fourth-order valence-corrected chi connectivity index (χ4v) is 2.45. The van der Waals surface area contributed by atoms with Gasteiger partial charge in [-0.3, -0.25) is 9.79 Å². The first kappa shape index (κ1) is 17.8. The van der Waals surface area contributed by atoms with Gasteiger partial charge in [0.1, 0.15) is 0 Å². The summed E-state index contributed by atoms with van der Waals surface area (Å²) in [6, 6.07) is 0. The summed E-state index contributed by atoms with van der Waals surface area (Å²) in [6.45, 7) is 10.3. The molecule has 0 aromatic carbocycles. The van der Waals surface area contributed by atoms with Crippen LogP contribution in [0.25, 0.3) is 0 Å². The lowest BCUT2D eigenvalue weighted by Gasteiger charge is -2.41. The van der Waals surface area contributed by atoms with Crippen molar-refractivity contribution in [3.8, 4) is 0 Å². The second-order valence-corrected chi connectivity index (χ2v) is 7.07. The molecular weight excluding hydrogens is 264 g/mol. The van der Waals surface area contributed by atoms with Crippen LogP contribution in [0, 0.1) is 10.8 Å². The number of rotatable bonds is 6. The van der Waals surface area contributed by atoms with Crippen molar-refractivity contribution in [1.82, 2.24) is 16.0 Å². The molecule has 0 aromatic rings. The number of aliphatic imine (C=N–C) groups is 1. The van der Waals surface area contributed by atoms with E-state index in [1.807, 2.05) is 20.8 Å². The van der Waals surface area contributed by atoms with Crippen LogP contribution < -0.4 is 16.0 Å². The summed E-state index contributed by atoms with van der Waals surface area (Å²) in [5.41, 5.74) is 0.135. The summed E-state index contributed by atoms with van der Waals surface area (Å²) in [6.07, 6.45) is 5.20. The first-order chi connectivity index (χ1) is 9.83. The predicted molar refractivity (Wildman–Crippen MR) is 88.4 cm³/mol. The molecule has 5 nitrogen and oxygen atoms in total. The molecule has 1 aliphatic carbocycles. The molecule has 1 saturated carbocycles. The van der Waals surface area contributed by atoms with Crippen molar-refractivity contribution in [3.63, 3.8) is 0 Å². The van der Waals surface area contributed by atoms with E-state index < -0.39 is 0 Å². The molecule has 21 heavy (non-hydrogen) atoms. The summed E-state index contributed by atoms with van der Waals surface area (Å²) in [7, 11) is 1.78. The van der Waals surface area contributed by atoms with E-state index in [-0.39, 0.29) is 11.3 Å². The smallest absolute Gasteiger partial charge is 0.225 e. The Hall–Kier alpha value is -1.26. The Balaban J connectivity index is 2.22. The van der Waals surface area contributed by atoms with Gasteiger partial charge in [-0.2, -0.15) is 0 Å². The first-order valence-corrected chi connectivity index (χ1v) is 8.06. The Kier molecular flexibility index (Phi) is 6.49. The standard InChI is InChI=1S/C16H32N4O/c1-6-16(8-7-9-16)12-20-14(17-5)19-11-10-18-13(21)15(2,3)4/h6-12H2,1-5H3,(H,18,21)(H2,17,19,20). The van der Waals surface area contributed by atoms with Gasteiger partial charge in [-0.05, 0) is 24.7 Å². The molecule has 3 N–H and O–H groups in total. The van der Waals surface area contributed by atoms with Gasteiger partial charge in [-0.15, -0.1) is 0 Å². The number of carbonyl (C=O) groups is 1. The molecule has 0 saturated heterocycles. The zero-order chi connectivity index (χ0) is 15.9. The van der Waals surface area contributed by atoms with Crippen molar-refractivity contribution in [2.75, 3.05) is 26.7 Å². The lowest BCUT2D eigenvalue weighted by Crippen LogP contribution is -2.48. The maximum absolute atomic E-state index is 11.7. The number of guanidine groups is 1. The van der Waals surface area contributed by atoms with E-state index in [4.69, 9.17) is 0 Å². The molecule has 1 rings (SSSR count). The van der Waals surface area contributed by atoms with E-state index in [2.05, 4.69) is 27.9 Å². The molecule has 0 aliphatic heterocycles. The molecule has 0 bridgehead atoms. The van der Waals surface area contributed by atoms with Crippen LogP contribution in [0.2, 0.25) is 0 Å². The number of carbonyl (C=O) groups excluding carboxylic acids is 1. The molecule has 0 unspecified atom stereocenters. The van der Waals surface area contributed by atoms with E-state index in [0.29, 0.717) is 18.5 Å². The minimum absolute atomic E-state index is 0.0756. The van der Waals surface area contributed by atoms with Crippen LogP contribution in [0.4, 0.5) is 0 Å². The molecule has 5 heteroatoms. The number of nitrogens with zero attached hydrogens (tertiary/aromatic N) is 1. The average Bonchev–Trinajstić information content (AvgIpc) is 2.38. The largest absolute Gasteiger partial charge is 0.356 e. The Labute approximate surface area is 129 Å². The van der Waals surface area contributed by atoms with Crippen molar-refractivity contribution >= 4 is 11.9 Å². The van der Waals surface area contributed by atoms with Gasteiger partial charge in [0.25, 0.3) is 0 Å². The third-order valence-corrected chi connectivity index (χ3v) is 4.40.